The van der Waals surface area contributed by atoms with Crippen molar-refractivity contribution in [2.24, 2.45) is 0 Å². The molecule has 4 rings (SSSR count). The molecule has 0 saturated heterocycles. The standard InChI is InChI=1S/C24H18ClF5N4/c25-22-12-31-21(11-32-22)17-4-1-15(2-5-17)10-33-23-8-6-18(24(28,29)30)14-34(23)13-16-3-7-19(26)20(27)9-16/h1-9,11-12,14,23,33H,10,13H2. The van der Waals surface area contributed by atoms with Gasteiger partial charge >= 0.3 is 6.18 Å². The summed E-state index contributed by atoms with van der Waals surface area (Å²) in [6.07, 6.45) is 1.24. The van der Waals surface area contributed by atoms with Gasteiger partial charge in [-0.05, 0) is 35.4 Å². The Balaban J connectivity index is 1.47. The maximum Gasteiger partial charge on any atom is 0.417 e. The molecule has 0 spiro atoms. The Hall–Kier alpha value is -3.30. The minimum Gasteiger partial charge on any atom is -0.354 e. The molecule has 3 aromatic rings. The number of nitrogens with one attached hydrogen (secondary N) is 1. The van der Waals surface area contributed by atoms with Crippen LogP contribution in [0.5, 0.6) is 0 Å². The van der Waals surface area contributed by atoms with Crippen molar-refractivity contribution in [2.45, 2.75) is 25.4 Å². The number of aromatic nitrogens is 2. The predicted molar refractivity (Wildman–Crippen MR) is 118 cm³/mol. The maximum absolute atomic E-state index is 13.6. The SMILES string of the molecule is Fc1ccc(CN2C=C(C(F)(F)F)C=CC2NCc2ccc(-c3cnc(Cl)cn3)cc2)cc1F. The minimum absolute atomic E-state index is 0.0487. The van der Waals surface area contributed by atoms with Gasteiger partial charge in [0.1, 0.15) is 5.15 Å². The molecule has 176 valence electrons. The lowest BCUT2D eigenvalue weighted by molar-refractivity contribution is -0.0900. The minimum atomic E-state index is -4.53. The van der Waals surface area contributed by atoms with Gasteiger partial charge in [0, 0.05) is 24.9 Å². The van der Waals surface area contributed by atoms with E-state index in [1.54, 1.807) is 6.20 Å². The third-order valence-electron chi connectivity index (χ3n) is 5.18. The van der Waals surface area contributed by atoms with Gasteiger partial charge in [-0.1, -0.05) is 41.9 Å². The highest BCUT2D eigenvalue weighted by atomic mass is 35.5. The van der Waals surface area contributed by atoms with Gasteiger partial charge in [-0.15, -0.1) is 0 Å². The summed E-state index contributed by atoms with van der Waals surface area (Å²) in [6.45, 7) is 0.304. The molecule has 2 heterocycles. The van der Waals surface area contributed by atoms with E-state index in [1.165, 1.54) is 23.2 Å². The summed E-state index contributed by atoms with van der Waals surface area (Å²) in [5, 5.41) is 3.48. The average Bonchev–Trinajstić information content (AvgIpc) is 2.81. The van der Waals surface area contributed by atoms with Gasteiger partial charge in [0.2, 0.25) is 0 Å². The van der Waals surface area contributed by atoms with Crippen molar-refractivity contribution >= 4 is 11.6 Å². The largest absolute Gasteiger partial charge is 0.417 e. The van der Waals surface area contributed by atoms with Crippen LogP contribution in [0, 0.1) is 11.6 Å². The van der Waals surface area contributed by atoms with E-state index in [1.807, 2.05) is 24.3 Å². The molecule has 1 atom stereocenters. The average molecular weight is 493 g/mol. The summed E-state index contributed by atoms with van der Waals surface area (Å²) in [4.78, 5) is 9.61. The van der Waals surface area contributed by atoms with E-state index < -0.39 is 29.5 Å². The van der Waals surface area contributed by atoms with Crippen molar-refractivity contribution in [1.29, 1.82) is 0 Å². The molecule has 1 aliphatic heterocycles. The second kappa shape index (κ2) is 9.90. The van der Waals surface area contributed by atoms with Crippen molar-refractivity contribution in [2.75, 3.05) is 0 Å². The summed E-state index contributed by atoms with van der Waals surface area (Å²) in [5.74, 6) is -2.07. The molecule has 0 bridgehead atoms. The third-order valence-corrected chi connectivity index (χ3v) is 5.38. The highest BCUT2D eigenvalue weighted by Crippen LogP contribution is 2.30. The molecule has 2 aromatic carbocycles. The first kappa shape index (κ1) is 23.8. The number of alkyl halides is 3. The topological polar surface area (TPSA) is 41.0 Å². The van der Waals surface area contributed by atoms with Gasteiger partial charge in [-0.2, -0.15) is 13.2 Å². The van der Waals surface area contributed by atoms with Crippen molar-refractivity contribution in [1.82, 2.24) is 20.2 Å². The number of rotatable bonds is 6. The number of halogens is 6. The van der Waals surface area contributed by atoms with Crippen molar-refractivity contribution < 1.29 is 22.0 Å². The summed E-state index contributed by atoms with van der Waals surface area (Å²) in [7, 11) is 0. The molecule has 1 aromatic heterocycles. The van der Waals surface area contributed by atoms with Gasteiger partial charge in [-0.25, -0.2) is 13.8 Å². The van der Waals surface area contributed by atoms with Crippen LogP contribution in [0.3, 0.4) is 0 Å². The molecule has 0 saturated carbocycles. The Morgan fingerprint density at radius 3 is 2.32 bits per heavy atom. The fourth-order valence-electron chi connectivity index (χ4n) is 3.43. The molecule has 0 aliphatic carbocycles. The molecule has 10 heteroatoms. The zero-order chi connectivity index (χ0) is 24.3. The molecular formula is C24H18ClF5N4. The molecule has 0 fully saturated rings. The van der Waals surface area contributed by atoms with Crippen LogP contribution in [0.1, 0.15) is 11.1 Å². The Bertz CT molecular complexity index is 1210. The van der Waals surface area contributed by atoms with E-state index in [9.17, 15) is 22.0 Å². The highest BCUT2D eigenvalue weighted by Gasteiger charge is 2.35. The fourth-order valence-corrected chi connectivity index (χ4v) is 3.53. The smallest absolute Gasteiger partial charge is 0.354 e. The van der Waals surface area contributed by atoms with E-state index in [4.69, 9.17) is 11.6 Å². The van der Waals surface area contributed by atoms with E-state index >= 15 is 0 Å². The van der Waals surface area contributed by atoms with Crippen LogP contribution in [0.2, 0.25) is 5.15 Å². The van der Waals surface area contributed by atoms with Crippen LogP contribution in [0.4, 0.5) is 22.0 Å². The molecule has 0 radical (unpaired) electrons. The Kier molecular flexibility index (Phi) is 6.95. The summed E-state index contributed by atoms with van der Waals surface area (Å²) in [5.41, 5.74) is 1.89. The maximum atomic E-state index is 13.6. The zero-order valence-electron chi connectivity index (χ0n) is 17.5. The van der Waals surface area contributed by atoms with E-state index in [0.717, 1.165) is 35.5 Å². The first-order valence-electron chi connectivity index (χ1n) is 10.2. The van der Waals surface area contributed by atoms with Crippen molar-refractivity contribution in [3.8, 4) is 11.3 Å². The third kappa shape index (κ3) is 5.78. The summed E-state index contributed by atoms with van der Waals surface area (Å²) in [6, 6.07) is 10.7. The fraction of sp³-hybridized carbons (Fsp3) is 0.167. The van der Waals surface area contributed by atoms with Gasteiger partial charge in [0.15, 0.2) is 11.6 Å². The molecule has 1 aliphatic rings. The second-order valence-corrected chi connectivity index (χ2v) is 8.00. The number of allylic oxidation sites excluding steroid dienone is 2. The van der Waals surface area contributed by atoms with Crippen LogP contribution in [0.25, 0.3) is 11.3 Å². The van der Waals surface area contributed by atoms with Crippen LogP contribution in [0.15, 0.2) is 78.8 Å². The predicted octanol–water partition coefficient (Wildman–Crippen LogP) is 6.01. The van der Waals surface area contributed by atoms with Gasteiger partial charge in [0.25, 0.3) is 0 Å². The van der Waals surface area contributed by atoms with Crippen LogP contribution in [-0.2, 0) is 13.1 Å². The molecular weight excluding hydrogens is 475 g/mol. The Morgan fingerprint density at radius 1 is 0.941 bits per heavy atom. The van der Waals surface area contributed by atoms with Crippen molar-refractivity contribution in [3.63, 3.8) is 0 Å². The lowest BCUT2D eigenvalue weighted by atomic mass is 10.1. The van der Waals surface area contributed by atoms with Crippen molar-refractivity contribution in [3.05, 3.63) is 107 Å². The quantitative estimate of drug-likeness (QED) is 0.428. The van der Waals surface area contributed by atoms with Gasteiger partial charge in [0.05, 0.1) is 29.8 Å². The van der Waals surface area contributed by atoms with Crippen LogP contribution in [-0.4, -0.2) is 27.2 Å². The number of nitrogens with zero attached hydrogens (tertiary/aromatic N) is 3. The van der Waals surface area contributed by atoms with E-state index in [0.29, 0.717) is 23.0 Å². The van der Waals surface area contributed by atoms with E-state index in [2.05, 4.69) is 15.3 Å². The monoisotopic (exact) mass is 492 g/mol. The molecule has 4 nitrogen and oxygen atoms in total. The Labute approximate surface area is 197 Å². The van der Waals surface area contributed by atoms with Gasteiger partial charge in [-0.3, -0.25) is 10.3 Å². The number of benzene rings is 2. The molecule has 0 amide bonds. The normalized spacial score (nSPS) is 16.0. The van der Waals surface area contributed by atoms with Gasteiger partial charge < -0.3 is 4.90 Å². The molecule has 34 heavy (non-hydrogen) atoms. The highest BCUT2D eigenvalue weighted by molar-refractivity contribution is 6.29. The number of hydrogen-bond acceptors (Lipinski definition) is 4. The lowest BCUT2D eigenvalue weighted by Crippen LogP contribution is -2.43. The zero-order valence-corrected chi connectivity index (χ0v) is 18.3. The first-order valence-corrected chi connectivity index (χ1v) is 10.5. The summed E-state index contributed by atoms with van der Waals surface area (Å²) >= 11 is 5.76. The Morgan fingerprint density at radius 2 is 1.68 bits per heavy atom. The second-order valence-electron chi connectivity index (χ2n) is 7.61. The van der Waals surface area contributed by atoms with Crippen LogP contribution < -0.4 is 5.32 Å². The van der Waals surface area contributed by atoms with E-state index in [-0.39, 0.29) is 6.54 Å². The summed E-state index contributed by atoms with van der Waals surface area (Å²) < 4.78 is 66.6. The lowest BCUT2D eigenvalue weighted by Gasteiger charge is -2.33. The molecule has 1 N–H and O–H groups in total. The number of hydrogen-bond donors (Lipinski definition) is 1. The van der Waals surface area contributed by atoms with Crippen LogP contribution >= 0.6 is 11.6 Å². The first-order chi connectivity index (χ1) is 16.2. The molecule has 1 unspecified atom stereocenters.